The molecule has 0 aliphatic rings. The predicted molar refractivity (Wildman–Crippen MR) is 153 cm³/mol. The molecule has 1 unspecified atom stereocenters. The molecule has 9 nitrogen and oxygen atoms in total. The van der Waals surface area contributed by atoms with Gasteiger partial charge in [-0.05, 0) is 29.7 Å². The fraction of sp³-hybridized carbons (Fsp3) is 0.483. The van der Waals surface area contributed by atoms with Crippen LogP contribution in [0.15, 0.2) is 54.6 Å². The summed E-state index contributed by atoms with van der Waals surface area (Å²) in [7, 11) is 1.68. The monoisotopic (exact) mass is 621 g/mol. The van der Waals surface area contributed by atoms with Crippen molar-refractivity contribution in [2.45, 2.75) is 73.5 Å². The number of nitrogens with one attached hydrogen (secondary N) is 2. The van der Waals surface area contributed by atoms with E-state index in [1.54, 1.807) is 31.3 Å². The van der Waals surface area contributed by atoms with Crippen LogP contribution in [-0.2, 0) is 69.7 Å². The van der Waals surface area contributed by atoms with Crippen molar-refractivity contribution < 1.29 is 62.0 Å². The van der Waals surface area contributed by atoms with Crippen LogP contribution in [0.1, 0.15) is 65.5 Å². The van der Waals surface area contributed by atoms with E-state index in [0.717, 1.165) is 17.5 Å². The standard InChI is InChI=1S/C20H24N2O4.C5H10NO2.2C2H6.Y/c1-2-6-19(23)22-18(13-15-7-4-3-5-8-15)20(24)21-17-11-9-16(10-12-17)14-26-25;1-5(7)8-4-3-6-2;2*1-2;/h3-5,7-12,18,25H,2,6,13-14H2,1H3,(H,21,24)(H,22,23);3-4H2,1-2H3;2*1-2H3;/q;-1;;;. The first kappa shape index (κ1) is 41.3. The zero-order valence-electron chi connectivity index (χ0n) is 24.5. The molecule has 3 N–H and O–H groups in total. The topological polar surface area (TPSA) is 128 Å². The van der Waals surface area contributed by atoms with Gasteiger partial charge in [0.2, 0.25) is 11.8 Å². The molecule has 0 saturated heterocycles. The molecule has 2 rings (SSSR count). The second kappa shape index (κ2) is 28.8. The van der Waals surface area contributed by atoms with Gasteiger partial charge in [0.25, 0.3) is 0 Å². The summed E-state index contributed by atoms with van der Waals surface area (Å²) in [6.45, 7) is 12.4. The van der Waals surface area contributed by atoms with Crippen LogP contribution in [0, 0.1) is 0 Å². The van der Waals surface area contributed by atoms with E-state index in [9.17, 15) is 14.4 Å². The number of rotatable bonds is 12. The molecule has 1 radical (unpaired) electrons. The first-order chi connectivity index (χ1) is 18.4. The molecule has 1 atom stereocenters. The van der Waals surface area contributed by atoms with Crippen molar-refractivity contribution in [2.24, 2.45) is 0 Å². The third-order valence-corrected chi connectivity index (χ3v) is 4.48. The summed E-state index contributed by atoms with van der Waals surface area (Å²) in [5.41, 5.74) is 2.36. The van der Waals surface area contributed by atoms with Gasteiger partial charge in [-0.25, -0.2) is 4.89 Å². The molecule has 39 heavy (non-hydrogen) atoms. The molecule has 217 valence electrons. The molecule has 0 saturated carbocycles. The molecule has 0 aromatic heterocycles. The molecule has 0 aliphatic carbocycles. The number of carbonyl (C=O) groups excluding carboxylic acids is 3. The molecule has 0 heterocycles. The first-order valence-electron chi connectivity index (χ1n) is 13.1. The maximum absolute atomic E-state index is 12.7. The minimum Gasteiger partial charge on any atom is -0.662 e. The summed E-state index contributed by atoms with van der Waals surface area (Å²) >= 11 is 0. The smallest absolute Gasteiger partial charge is 0.302 e. The maximum Gasteiger partial charge on any atom is 0.302 e. The number of anilines is 1. The molecule has 0 bridgehead atoms. The van der Waals surface area contributed by atoms with E-state index >= 15 is 0 Å². The Morgan fingerprint density at radius 2 is 1.54 bits per heavy atom. The Morgan fingerprint density at radius 3 is 2.03 bits per heavy atom. The molecule has 0 aliphatic heterocycles. The molecule has 2 amide bonds. The summed E-state index contributed by atoms with van der Waals surface area (Å²) in [4.78, 5) is 38.8. The van der Waals surface area contributed by atoms with Gasteiger partial charge in [-0.15, -0.1) is 6.54 Å². The Bertz CT molecular complexity index is 867. The van der Waals surface area contributed by atoms with Crippen LogP contribution in [0.2, 0.25) is 0 Å². The number of amides is 2. The van der Waals surface area contributed by atoms with E-state index in [-0.39, 0.29) is 57.1 Å². The van der Waals surface area contributed by atoms with Gasteiger partial charge in [0.1, 0.15) is 12.6 Å². The Labute approximate surface area is 259 Å². The van der Waals surface area contributed by atoms with E-state index in [2.05, 4.69) is 25.6 Å². The fourth-order valence-corrected chi connectivity index (χ4v) is 2.82. The van der Waals surface area contributed by atoms with Gasteiger partial charge in [0.05, 0.1) is 6.61 Å². The number of benzene rings is 2. The van der Waals surface area contributed by atoms with Gasteiger partial charge >= 0.3 is 5.97 Å². The minimum atomic E-state index is -0.656. The maximum atomic E-state index is 12.7. The average Bonchev–Trinajstić information content (AvgIpc) is 2.93. The van der Waals surface area contributed by atoms with Crippen LogP contribution in [-0.4, -0.2) is 49.3 Å². The Morgan fingerprint density at radius 1 is 0.949 bits per heavy atom. The summed E-state index contributed by atoms with van der Waals surface area (Å²) < 4.78 is 4.55. The number of nitrogens with zero attached hydrogens (tertiary/aromatic N) is 1. The minimum absolute atomic E-state index is 0. The van der Waals surface area contributed by atoms with Crippen LogP contribution in [0.25, 0.3) is 5.32 Å². The molecular weight excluding hydrogens is 575 g/mol. The number of esters is 1. The summed E-state index contributed by atoms with van der Waals surface area (Å²) in [5.74, 6) is -0.655. The molecule has 10 heteroatoms. The van der Waals surface area contributed by atoms with Gasteiger partial charge in [0, 0.05) is 58.2 Å². The number of hydrogen-bond donors (Lipinski definition) is 3. The van der Waals surface area contributed by atoms with Crippen LogP contribution in [0.5, 0.6) is 0 Å². The van der Waals surface area contributed by atoms with E-state index in [1.165, 1.54) is 6.92 Å². The SMILES string of the molecule is CC.CC.CCCC(=O)NC(Cc1ccccc1)C(=O)Nc1ccc(COO)cc1.C[N-]CCOC(C)=O.[Y]. The molecule has 0 spiro atoms. The zero-order valence-corrected chi connectivity index (χ0v) is 27.4. The fourth-order valence-electron chi connectivity index (χ4n) is 2.82. The Kier molecular flexibility index (Phi) is 30.5. The predicted octanol–water partition coefficient (Wildman–Crippen LogP) is 5.75. The van der Waals surface area contributed by atoms with E-state index in [0.29, 0.717) is 31.7 Å². The number of likely N-dealkylation sites (N-methyl/N-ethyl adjacent to an activating group) is 1. The van der Waals surface area contributed by atoms with Crippen molar-refractivity contribution in [3.8, 4) is 0 Å². The summed E-state index contributed by atoms with van der Waals surface area (Å²) in [6.07, 6.45) is 1.52. The van der Waals surface area contributed by atoms with Crippen molar-refractivity contribution in [3.63, 3.8) is 0 Å². The van der Waals surface area contributed by atoms with E-state index < -0.39 is 6.04 Å². The van der Waals surface area contributed by atoms with Crippen LogP contribution in [0.4, 0.5) is 5.69 Å². The number of ether oxygens (including phenoxy) is 1. The summed E-state index contributed by atoms with van der Waals surface area (Å²) in [6, 6.07) is 15.8. The van der Waals surface area contributed by atoms with Gasteiger partial charge in [-0.1, -0.05) is 77.1 Å². The first-order valence-corrected chi connectivity index (χ1v) is 13.1. The van der Waals surface area contributed by atoms with Crippen LogP contribution < -0.4 is 10.6 Å². The molecule has 0 fully saturated rings. The van der Waals surface area contributed by atoms with Crippen LogP contribution in [0.3, 0.4) is 0 Å². The van der Waals surface area contributed by atoms with Crippen molar-refractivity contribution >= 4 is 23.5 Å². The van der Waals surface area contributed by atoms with Crippen molar-refractivity contribution in [1.29, 1.82) is 0 Å². The molecular formula is C29H46N3O6Y-. The largest absolute Gasteiger partial charge is 0.662 e. The van der Waals surface area contributed by atoms with Gasteiger partial charge in [-0.3, -0.25) is 19.6 Å². The Hall–Kier alpha value is -2.17. The van der Waals surface area contributed by atoms with Crippen molar-refractivity contribution in [1.82, 2.24) is 5.32 Å². The third kappa shape index (κ3) is 22.4. The van der Waals surface area contributed by atoms with Crippen molar-refractivity contribution in [2.75, 3.05) is 25.5 Å². The number of carbonyl (C=O) groups is 3. The quantitative estimate of drug-likeness (QED) is 0.120. The average molecular weight is 622 g/mol. The van der Waals surface area contributed by atoms with Gasteiger partial charge in [0.15, 0.2) is 0 Å². The molecule has 2 aromatic carbocycles. The van der Waals surface area contributed by atoms with Gasteiger partial charge in [-0.2, -0.15) is 7.05 Å². The molecule has 2 aromatic rings. The van der Waals surface area contributed by atoms with Crippen molar-refractivity contribution in [3.05, 3.63) is 71.0 Å². The van der Waals surface area contributed by atoms with Gasteiger partial charge < -0.3 is 20.7 Å². The Balaban J connectivity index is -0.000000848. The second-order valence-corrected chi connectivity index (χ2v) is 7.40. The normalized spacial score (nSPS) is 9.85. The third-order valence-electron chi connectivity index (χ3n) is 4.48. The second-order valence-electron chi connectivity index (χ2n) is 7.40. The van der Waals surface area contributed by atoms with E-state index in [4.69, 9.17) is 5.26 Å². The van der Waals surface area contributed by atoms with E-state index in [1.807, 2.05) is 65.0 Å². The number of hydrogen-bond acceptors (Lipinski definition) is 6. The van der Waals surface area contributed by atoms with Crippen LogP contribution >= 0.6 is 0 Å². The zero-order chi connectivity index (χ0) is 29.2. The summed E-state index contributed by atoms with van der Waals surface area (Å²) in [5, 5.41) is 17.8.